The van der Waals surface area contributed by atoms with E-state index in [1.165, 1.54) is 22.3 Å². The van der Waals surface area contributed by atoms with Crippen molar-refractivity contribution in [2.45, 2.75) is 27.7 Å². The second-order valence-corrected chi connectivity index (χ2v) is 3.73. The summed E-state index contributed by atoms with van der Waals surface area (Å²) in [6.07, 6.45) is 2.66. The maximum absolute atomic E-state index is 10.1. The van der Waals surface area contributed by atoms with Gasteiger partial charge in [0.2, 0.25) is 0 Å². The molecule has 1 atom stereocenters. The van der Waals surface area contributed by atoms with Crippen LogP contribution in [0.3, 0.4) is 0 Å². The van der Waals surface area contributed by atoms with Crippen LogP contribution < -0.4 is 30.1 Å². The van der Waals surface area contributed by atoms with Crippen LogP contribution in [0.25, 0.3) is 0 Å². The fraction of sp³-hybridized carbons (Fsp3) is 0.417. The average molecular weight is 353 g/mol. The van der Waals surface area contributed by atoms with Crippen LogP contribution in [-0.4, -0.2) is 6.41 Å². The van der Waals surface area contributed by atoms with E-state index in [-0.39, 0.29) is 51.0 Å². The molecule has 0 bridgehead atoms. The third-order valence-electron chi connectivity index (χ3n) is 3.13. The summed E-state index contributed by atoms with van der Waals surface area (Å²) in [7, 11) is 0. The van der Waals surface area contributed by atoms with Crippen LogP contribution in [0.15, 0.2) is 22.3 Å². The van der Waals surface area contributed by atoms with Crippen molar-refractivity contribution in [1.29, 1.82) is 0 Å². The zero-order chi connectivity index (χ0) is 10.7. The summed E-state index contributed by atoms with van der Waals surface area (Å²) in [6.45, 7) is 10.3. The smallest absolute Gasteiger partial charge is 1.00 e. The summed E-state index contributed by atoms with van der Waals surface area (Å²) in [6, 6.07) is 0. The van der Waals surface area contributed by atoms with E-state index in [4.69, 9.17) is 0 Å². The summed E-state index contributed by atoms with van der Waals surface area (Å²) in [5, 5.41) is 2.53. The Hall–Kier alpha value is 0.283. The van der Waals surface area contributed by atoms with E-state index < -0.39 is 0 Å². The minimum absolute atomic E-state index is 0. The first kappa shape index (κ1) is 22.5. The Morgan fingerprint density at radius 1 is 1.18 bits per heavy atom. The standard InChI is InChI=1S/C12H17NO.2ClH.Zr/c1-8-9(2)11(4)12(10(8)3)5-6-13-7-14;;;/h5-7,10H,1-4H3,(H,13,14);2*1H;/q-2;;;+4/p-2. The molecule has 0 aromatic rings. The summed E-state index contributed by atoms with van der Waals surface area (Å²) >= 11 is 0. The molecule has 0 heterocycles. The second-order valence-electron chi connectivity index (χ2n) is 3.73. The third kappa shape index (κ3) is 5.20. The Balaban J connectivity index is -0.000000653. The molecule has 1 rings (SSSR count). The van der Waals surface area contributed by atoms with E-state index >= 15 is 0 Å². The summed E-state index contributed by atoms with van der Waals surface area (Å²) in [5.41, 5.74) is 5.44. The number of carbonyl (C=O) groups excluding carboxylic acids is 1. The Labute approximate surface area is 136 Å². The molecule has 1 aliphatic carbocycles. The molecule has 0 aromatic heterocycles. The normalized spacial score (nSPS) is 17.8. The molecular formula is C12H17Cl2NOZr. The van der Waals surface area contributed by atoms with Crippen molar-refractivity contribution in [3.63, 3.8) is 0 Å². The molecule has 94 valence electrons. The van der Waals surface area contributed by atoms with Crippen molar-refractivity contribution < 1.29 is 55.8 Å². The summed E-state index contributed by atoms with van der Waals surface area (Å²) < 4.78 is 0. The van der Waals surface area contributed by atoms with Gasteiger partial charge in [0.25, 0.3) is 0 Å². The van der Waals surface area contributed by atoms with Crippen molar-refractivity contribution in [2.75, 3.05) is 0 Å². The number of hydrogen-bond donors (Lipinski definition) is 1. The van der Waals surface area contributed by atoms with Crippen molar-refractivity contribution in [1.82, 2.24) is 5.32 Å². The van der Waals surface area contributed by atoms with E-state index in [0.717, 1.165) is 0 Å². The van der Waals surface area contributed by atoms with Crippen molar-refractivity contribution in [2.24, 2.45) is 5.92 Å². The molecule has 5 heteroatoms. The number of hydrogen-bond acceptors (Lipinski definition) is 1. The molecule has 0 spiro atoms. The van der Waals surface area contributed by atoms with Gasteiger partial charge in [0.05, 0.1) is 0 Å². The molecule has 17 heavy (non-hydrogen) atoms. The van der Waals surface area contributed by atoms with Gasteiger partial charge in [-0.15, -0.1) is 12.5 Å². The van der Waals surface area contributed by atoms with E-state index in [9.17, 15) is 4.79 Å². The number of rotatable bonds is 4. The quantitative estimate of drug-likeness (QED) is 0.316. The molecule has 0 aliphatic heterocycles. The van der Waals surface area contributed by atoms with Gasteiger partial charge in [0.15, 0.2) is 6.41 Å². The molecular weight excluding hydrogens is 336 g/mol. The molecule has 2 nitrogen and oxygen atoms in total. The molecule has 0 radical (unpaired) electrons. The van der Waals surface area contributed by atoms with E-state index in [0.29, 0.717) is 12.3 Å². The van der Waals surface area contributed by atoms with Crippen LogP contribution in [0, 0.1) is 18.9 Å². The molecule has 1 aliphatic rings. The van der Waals surface area contributed by atoms with E-state index in [1.807, 2.05) is 6.42 Å². The van der Waals surface area contributed by atoms with Crippen LogP contribution >= 0.6 is 0 Å². The number of amides is 1. The largest absolute Gasteiger partial charge is 4.00 e. The maximum atomic E-state index is 10.1. The van der Waals surface area contributed by atoms with Gasteiger partial charge in [0, 0.05) is 0 Å². The summed E-state index contributed by atoms with van der Waals surface area (Å²) in [4.78, 5) is 10.1. The number of carbonyl (C=O) groups is 1. The van der Waals surface area contributed by atoms with Crippen LogP contribution in [0.4, 0.5) is 0 Å². The second kappa shape index (κ2) is 10.2. The minimum Gasteiger partial charge on any atom is -1.00 e. The van der Waals surface area contributed by atoms with Crippen molar-refractivity contribution in [3.05, 3.63) is 35.3 Å². The monoisotopic (exact) mass is 351 g/mol. The van der Waals surface area contributed by atoms with Gasteiger partial charge in [0.1, 0.15) is 0 Å². The van der Waals surface area contributed by atoms with Gasteiger partial charge < -0.3 is 43.1 Å². The predicted molar refractivity (Wildman–Crippen MR) is 58.0 cm³/mol. The van der Waals surface area contributed by atoms with Crippen LogP contribution in [0.5, 0.6) is 0 Å². The Morgan fingerprint density at radius 2 is 1.71 bits per heavy atom. The number of allylic oxidation sites excluding steroid dienone is 3. The number of halogens is 2. The Bertz CT molecular complexity index is 314. The van der Waals surface area contributed by atoms with Gasteiger partial charge >= 0.3 is 26.2 Å². The SMILES string of the molecule is CC1=C(C)C(C)C([CH-][CH-]NC=O)=C1C.[Cl-].[Cl-].[Zr+4]. The Kier molecular flexibility index (Phi) is 13.5. The van der Waals surface area contributed by atoms with E-state index in [1.54, 1.807) is 6.54 Å². The first-order valence-corrected chi connectivity index (χ1v) is 4.84. The van der Waals surface area contributed by atoms with Gasteiger partial charge in [-0.05, 0) is 12.8 Å². The molecule has 1 unspecified atom stereocenters. The molecule has 0 saturated carbocycles. The zero-order valence-electron chi connectivity index (χ0n) is 10.5. The number of nitrogens with one attached hydrogen (secondary N) is 1. The van der Waals surface area contributed by atoms with Crippen LogP contribution in [0.1, 0.15) is 27.7 Å². The Morgan fingerprint density at radius 3 is 2.06 bits per heavy atom. The maximum Gasteiger partial charge on any atom is 4.00 e. The van der Waals surface area contributed by atoms with Crippen molar-refractivity contribution >= 4 is 6.41 Å². The molecule has 0 aromatic carbocycles. The fourth-order valence-electron chi connectivity index (χ4n) is 1.84. The molecule has 1 N–H and O–H groups in total. The van der Waals surface area contributed by atoms with Gasteiger partial charge in [-0.25, -0.2) is 5.57 Å². The average Bonchev–Trinajstić information content (AvgIpc) is 2.35. The predicted octanol–water partition coefficient (Wildman–Crippen LogP) is -3.59. The van der Waals surface area contributed by atoms with E-state index in [2.05, 4.69) is 33.0 Å². The fourth-order valence-corrected chi connectivity index (χ4v) is 1.84. The molecule has 1 amide bonds. The summed E-state index contributed by atoms with van der Waals surface area (Å²) in [5.74, 6) is 0.472. The topological polar surface area (TPSA) is 29.1 Å². The zero-order valence-corrected chi connectivity index (χ0v) is 14.4. The van der Waals surface area contributed by atoms with Gasteiger partial charge in [-0.1, -0.05) is 19.4 Å². The third-order valence-corrected chi connectivity index (χ3v) is 3.13. The van der Waals surface area contributed by atoms with Gasteiger partial charge in [-0.3, -0.25) is 4.79 Å². The first-order valence-electron chi connectivity index (χ1n) is 4.84. The molecule has 0 saturated heterocycles. The van der Waals surface area contributed by atoms with Crippen LogP contribution in [-0.2, 0) is 31.0 Å². The molecule has 0 fully saturated rings. The van der Waals surface area contributed by atoms with Crippen molar-refractivity contribution in [3.8, 4) is 0 Å². The first-order chi connectivity index (χ1) is 6.59. The van der Waals surface area contributed by atoms with Crippen LogP contribution in [0.2, 0.25) is 0 Å². The van der Waals surface area contributed by atoms with Gasteiger partial charge in [-0.2, -0.15) is 5.57 Å². The minimum atomic E-state index is 0.